The molecule has 0 aromatic heterocycles. The first-order valence-corrected chi connectivity index (χ1v) is 13.7. The molecular formula is C34H40O6. The highest BCUT2D eigenvalue weighted by Crippen LogP contribution is 2.47. The molecule has 40 heavy (non-hydrogen) atoms. The van der Waals surface area contributed by atoms with Gasteiger partial charge in [-0.25, -0.2) is 0 Å². The molecule has 0 saturated carbocycles. The predicted molar refractivity (Wildman–Crippen MR) is 160 cm³/mol. The van der Waals surface area contributed by atoms with E-state index in [0.29, 0.717) is 40.7 Å². The molecule has 0 amide bonds. The van der Waals surface area contributed by atoms with Crippen LogP contribution < -0.4 is 18.9 Å². The van der Waals surface area contributed by atoms with Crippen molar-refractivity contribution in [2.24, 2.45) is 0 Å². The summed E-state index contributed by atoms with van der Waals surface area (Å²) in [7, 11) is 1.65. The number of fused-ring (bicyclic) bond motifs is 1. The normalized spacial score (nSPS) is 13.0. The number of methoxy groups -OCH3 is 1. The molecule has 4 aromatic rings. The van der Waals surface area contributed by atoms with Gasteiger partial charge in [0.1, 0.15) is 35.7 Å². The van der Waals surface area contributed by atoms with Crippen molar-refractivity contribution in [3.8, 4) is 34.1 Å². The molecule has 2 N–H and O–H groups in total. The van der Waals surface area contributed by atoms with Crippen molar-refractivity contribution >= 4 is 10.8 Å². The van der Waals surface area contributed by atoms with Crippen molar-refractivity contribution in [2.75, 3.05) is 7.11 Å². The van der Waals surface area contributed by atoms with Crippen LogP contribution in [0.3, 0.4) is 0 Å². The molecule has 0 bridgehead atoms. The average molecular weight is 545 g/mol. The number of hydrogen-bond donors (Lipinski definition) is 2. The molecule has 6 heteroatoms. The molecule has 212 valence electrons. The Balaban J connectivity index is 2.01. The molecular weight excluding hydrogens is 504 g/mol. The van der Waals surface area contributed by atoms with E-state index in [1.165, 1.54) is 0 Å². The second kappa shape index (κ2) is 12.6. The molecule has 0 radical (unpaired) electrons. The molecule has 0 fully saturated rings. The molecule has 6 nitrogen and oxygen atoms in total. The summed E-state index contributed by atoms with van der Waals surface area (Å²) in [6.07, 6.45) is -2.41. The molecule has 0 aliphatic rings. The van der Waals surface area contributed by atoms with Crippen molar-refractivity contribution in [2.45, 2.75) is 72.6 Å². The monoisotopic (exact) mass is 544 g/mol. The van der Waals surface area contributed by atoms with E-state index in [2.05, 4.69) is 6.07 Å². The van der Waals surface area contributed by atoms with Gasteiger partial charge in [-0.3, -0.25) is 0 Å². The minimum atomic E-state index is -1.17. The van der Waals surface area contributed by atoms with Gasteiger partial charge in [-0.1, -0.05) is 36.4 Å². The Morgan fingerprint density at radius 3 is 2.08 bits per heavy atom. The minimum absolute atomic E-state index is 0.0805. The lowest BCUT2D eigenvalue weighted by Crippen LogP contribution is -2.17. The molecule has 2 atom stereocenters. The molecule has 4 aromatic carbocycles. The third-order valence-electron chi connectivity index (χ3n) is 6.53. The third kappa shape index (κ3) is 6.52. The van der Waals surface area contributed by atoms with Crippen molar-refractivity contribution in [1.82, 2.24) is 0 Å². The van der Waals surface area contributed by atoms with Gasteiger partial charge in [0.05, 0.1) is 30.8 Å². The zero-order valence-corrected chi connectivity index (χ0v) is 24.4. The van der Waals surface area contributed by atoms with Crippen LogP contribution in [0.25, 0.3) is 21.9 Å². The Morgan fingerprint density at radius 2 is 1.45 bits per heavy atom. The van der Waals surface area contributed by atoms with Crippen molar-refractivity contribution in [3.63, 3.8) is 0 Å². The van der Waals surface area contributed by atoms with E-state index in [9.17, 15) is 10.2 Å². The van der Waals surface area contributed by atoms with E-state index in [-0.39, 0.29) is 12.2 Å². The van der Waals surface area contributed by atoms with Crippen LogP contribution in [-0.2, 0) is 6.61 Å². The summed E-state index contributed by atoms with van der Waals surface area (Å²) in [5.74, 6) is 2.49. The summed E-state index contributed by atoms with van der Waals surface area (Å²) >= 11 is 0. The SMILES string of the molecule is COc1cc(C)cc2c(-c3c(OC(C)C)cc(OC(C)C)cc3[C@@H](O)[C@H](C)O)ccc(OCc3ccccc3)c12. The zero-order valence-electron chi connectivity index (χ0n) is 24.4. The highest BCUT2D eigenvalue weighted by molar-refractivity contribution is 6.05. The maximum Gasteiger partial charge on any atom is 0.131 e. The smallest absolute Gasteiger partial charge is 0.131 e. The second-order valence-corrected chi connectivity index (χ2v) is 10.7. The standard InChI is InChI=1S/C34H40O6/c1-20(2)39-25-17-28(34(36)23(6)35)32(31(18-25)40-21(3)4)26-13-14-29(38-19-24-11-9-8-10-12-24)33-27(26)15-22(5)16-30(33)37-7/h8-18,20-21,23,34-36H,19H2,1-7H3/t23-,34-/m0/s1. The summed E-state index contributed by atoms with van der Waals surface area (Å²) in [6, 6.07) is 21.6. The van der Waals surface area contributed by atoms with Crippen molar-refractivity contribution < 1.29 is 29.2 Å². The first-order chi connectivity index (χ1) is 19.1. The van der Waals surface area contributed by atoms with E-state index in [1.54, 1.807) is 20.1 Å². The van der Waals surface area contributed by atoms with E-state index in [1.807, 2.05) is 89.2 Å². The molecule has 0 spiro atoms. The highest BCUT2D eigenvalue weighted by Gasteiger charge is 2.26. The van der Waals surface area contributed by atoms with Gasteiger partial charge >= 0.3 is 0 Å². The Bertz CT molecular complexity index is 1440. The minimum Gasteiger partial charge on any atom is -0.496 e. The van der Waals surface area contributed by atoms with Gasteiger partial charge in [-0.15, -0.1) is 0 Å². The molecule has 0 aliphatic carbocycles. The van der Waals surface area contributed by atoms with Crippen LogP contribution in [0, 0.1) is 6.92 Å². The zero-order chi connectivity index (χ0) is 29.0. The Kier molecular flexibility index (Phi) is 9.23. The maximum atomic E-state index is 11.2. The maximum absolute atomic E-state index is 11.2. The second-order valence-electron chi connectivity index (χ2n) is 10.7. The van der Waals surface area contributed by atoms with Gasteiger partial charge in [0, 0.05) is 11.6 Å². The van der Waals surface area contributed by atoms with Gasteiger partial charge in [0.25, 0.3) is 0 Å². The van der Waals surface area contributed by atoms with Crippen LogP contribution in [0.4, 0.5) is 0 Å². The summed E-state index contributed by atoms with van der Waals surface area (Å²) in [4.78, 5) is 0. The molecule has 0 aliphatic heterocycles. The fraction of sp³-hybridized carbons (Fsp3) is 0.353. The van der Waals surface area contributed by atoms with Gasteiger partial charge in [-0.2, -0.15) is 0 Å². The largest absolute Gasteiger partial charge is 0.496 e. The number of benzene rings is 4. The average Bonchev–Trinajstić information content (AvgIpc) is 2.90. The Morgan fingerprint density at radius 1 is 0.750 bits per heavy atom. The van der Waals surface area contributed by atoms with E-state index in [4.69, 9.17) is 18.9 Å². The van der Waals surface area contributed by atoms with Gasteiger partial charge in [0.15, 0.2) is 0 Å². The van der Waals surface area contributed by atoms with Crippen LogP contribution in [0.5, 0.6) is 23.0 Å². The summed E-state index contributed by atoms with van der Waals surface area (Å²) < 4.78 is 24.5. The number of aliphatic hydroxyl groups is 2. The summed E-state index contributed by atoms with van der Waals surface area (Å²) in [5.41, 5.74) is 4.09. The fourth-order valence-electron chi connectivity index (χ4n) is 4.87. The number of ether oxygens (including phenoxy) is 4. The van der Waals surface area contributed by atoms with Crippen LogP contribution in [0.2, 0.25) is 0 Å². The summed E-state index contributed by atoms with van der Waals surface area (Å²) in [5, 5.41) is 23.4. The Hall–Kier alpha value is -3.74. The van der Waals surface area contributed by atoms with Crippen LogP contribution in [0.1, 0.15) is 57.4 Å². The highest BCUT2D eigenvalue weighted by atomic mass is 16.5. The van der Waals surface area contributed by atoms with Gasteiger partial charge in [0.2, 0.25) is 0 Å². The van der Waals surface area contributed by atoms with Crippen molar-refractivity contribution in [3.05, 3.63) is 83.4 Å². The molecule has 0 unspecified atom stereocenters. The van der Waals surface area contributed by atoms with Crippen LogP contribution in [-0.4, -0.2) is 35.6 Å². The number of aliphatic hydroxyl groups excluding tert-OH is 2. The van der Waals surface area contributed by atoms with E-state index < -0.39 is 12.2 Å². The first-order valence-electron chi connectivity index (χ1n) is 13.7. The molecule has 0 saturated heterocycles. The van der Waals surface area contributed by atoms with Crippen LogP contribution >= 0.6 is 0 Å². The summed E-state index contributed by atoms with van der Waals surface area (Å²) in [6.45, 7) is 11.8. The number of hydrogen-bond acceptors (Lipinski definition) is 6. The molecule has 4 rings (SSSR count). The van der Waals surface area contributed by atoms with Gasteiger partial charge in [-0.05, 0) is 93.4 Å². The number of aryl methyl sites for hydroxylation is 1. The quantitative estimate of drug-likeness (QED) is 0.205. The Labute approximate surface area is 237 Å². The lowest BCUT2D eigenvalue weighted by atomic mass is 9.89. The van der Waals surface area contributed by atoms with E-state index >= 15 is 0 Å². The molecule has 0 heterocycles. The topological polar surface area (TPSA) is 77.4 Å². The van der Waals surface area contributed by atoms with E-state index in [0.717, 1.165) is 27.5 Å². The predicted octanol–water partition coefficient (Wildman–Crippen LogP) is 7.39. The first kappa shape index (κ1) is 29.2. The fourth-order valence-corrected chi connectivity index (χ4v) is 4.87. The van der Waals surface area contributed by atoms with Crippen LogP contribution in [0.15, 0.2) is 66.7 Å². The lowest BCUT2D eigenvalue weighted by Gasteiger charge is -2.25. The lowest BCUT2D eigenvalue weighted by molar-refractivity contribution is 0.0305. The third-order valence-corrected chi connectivity index (χ3v) is 6.53. The number of rotatable bonds is 11. The van der Waals surface area contributed by atoms with Crippen molar-refractivity contribution in [1.29, 1.82) is 0 Å². The van der Waals surface area contributed by atoms with Gasteiger partial charge < -0.3 is 29.2 Å².